The van der Waals surface area contributed by atoms with E-state index in [1.807, 2.05) is 60.5 Å². The lowest BCUT2D eigenvalue weighted by Gasteiger charge is -2.45. The normalized spacial score (nSPS) is 23.2. The van der Waals surface area contributed by atoms with Gasteiger partial charge in [0, 0.05) is 17.0 Å². The summed E-state index contributed by atoms with van der Waals surface area (Å²) < 4.78 is 12.1. The van der Waals surface area contributed by atoms with Crippen LogP contribution < -0.4 is 14.8 Å². The number of nitrogens with one attached hydrogen (secondary N) is 1. The van der Waals surface area contributed by atoms with Crippen molar-refractivity contribution >= 4 is 40.4 Å². The van der Waals surface area contributed by atoms with E-state index in [1.165, 1.54) is 0 Å². The Morgan fingerprint density at radius 3 is 2.89 bits per heavy atom. The minimum Gasteiger partial charge on any atom is -0.504 e. The minimum absolute atomic E-state index is 0.0541. The third kappa shape index (κ3) is 3.77. The highest BCUT2D eigenvalue weighted by Crippen LogP contribution is 2.53. The maximum absolute atomic E-state index is 12.8. The van der Waals surface area contributed by atoms with Crippen LogP contribution in [0, 0.1) is 0 Å². The van der Waals surface area contributed by atoms with Gasteiger partial charge in [-0.15, -0.1) is 0 Å². The Balaban J connectivity index is 1.50. The second kappa shape index (κ2) is 8.80. The van der Waals surface area contributed by atoms with Crippen molar-refractivity contribution in [1.29, 1.82) is 0 Å². The molecule has 0 bridgehead atoms. The van der Waals surface area contributed by atoms with Gasteiger partial charge in [-0.3, -0.25) is 10.1 Å². The summed E-state index contributed by atoms with van der Waals surface area (Å²) in [5.41, 5.74) is 3.57. The number of phenolic OH excluding ortho intramolecular Hbond substituents is 1. The average molecular weight is 520 g/mol. The number of hydrazone groups is 1. The second-order valence-electron chi connectivity index (χ2n) is 8.59. The Morgan fingerprint density at radius 2 is 2.08 bits per heavy atom. The Labute approximate surface area is 217 Å². The number of nitrogens with zero attached hydrogens (tertiary/aromatic N) is 2. The third-order valence-corrected chi connectivity index (χ3v) is 7.46. The van der Waals surface area contributed by atoms with Gasteiger partial charge in [0.1, 0.15) is 5.75 Å². The summed E-state index contributed by atoms with van der Waals surface area (Å²) in [6, 6.07) is 20.3. The van der Waals surface area contributed by atoms with Gasteiger partial charge < -0.3 is 14.6 Å². The molecule has 36 heavy (non-hydrogen) atoms. The fraction of sp³-hybridized carbons (Fsp3) is 0.185. The summed E-state index contributed by atoms with van der Waals surface area (Å²) in [6.45, 7) is 2.27. The zero-order chi connectivity index (χ0) is 24.9. The maximum atomic E-state index is 12.8. The first kappa shape index (κ1) is 22.8. The highest BCUT2D eigenvalue weighted by Gasteiger charge is 2.58. The molecule has 3 aromatic rings. The van der Waals surface area contributed by atoms with Gasteiger partial charge in [-0.1, -0.05) is 48.0 Å². The fourth-order valence-electron chi connectivity index (χ4n) is 4.74. The molecule has 1 saturated heterocycles. The molecule has 2 unspecified atom stereocenters. The van der Waals surface area contributed by atoms with Gasteiger partial charge in [-0.25, -0.2) is 5.01 Å². The van der Waals surface area contributed by atoms with Gasteiger partial charge in [0.15, 0.2) is 11.5 Å². The molecule has 3 aliphatic heterocycles. The summed E-state index contributed by atoms with van der Waals surface area (Å²) in [5, 5.41) is 20.3. The number of thioether (sulfide) groups is 1. The van der Waals surface area contributed by atoms with Gasteiger partial charge in [0.05, 0.1) is 23.3 Å². The van der Waals surface area contributed by atoms with E-state index in [4.69, 9.17) is 26.2 Å². The third-order valence-electron chi connectivity index (χ3n) is 6.32. The first-order valence-electron chi connectivity index (χ1n) is 11.6. The number of carbonyl (C=O) groups is 1. The number of phenols is 1. The molecular formula is C27H22ClN3O4S. The van der Waals surface area contributed by atoms with Crippen LogP contribution in [0.2, 0.25) is 5.02 Å². The van der Waals surface area contributed by atoms with E-state index in [0.717, 1.165) is 34.2 Å². The number of ether oxygens (including phenoxy) is 2. The van der Waals surface area contributed by atoms with Crippen LogP contribution in [0.25, 0.3) is 6.08 Å². The number of carbonyl (C=O) groups excluding carboxylic acids is 1. The van der Waals surface area contributed by atoms with Gasteiger partial charge in [-0.05, 0) is 66.2 Å². The highest BCUT2D eigenvalue weighted by atomic mass is 35.5. The zero-order valence-corrected chi connectivity index (χ0v) is 20.8. The molecule has 1 spiro atoms. The van der Waals surface area contributed by atoms with Crippen molar-refractivity contribution in [3.05, 3.63) is 93.3 Å². The van der Waals surface area contributed by atoms with Crippen LogP contribution in [0.3, 0.4) is 0 Å². The van der Waals surface area contributed by atoms with Crippen molar-refractivity contribution in [3.8, 4) is 17.2 Å². The summed E-state index contributed by atoms with van der Waals surface area (Å²) in [7, 11) is 0. The molecule has 2 N–H and O–H groups in total. The SMILES string of the molecule is CCOc1cc(/C=C2\SC(=O)NC23Oc2ccc(Cl)cc2C2CC(c4ccccc4)=NN23)ccc1O. The predicted octanol–water partition coefficient (Wildman–Crippen LogP) is 6.14. The molecule has 7 nitrogen and oxygen atoms in total. The number of hydrogen-bond donors (Lipinski definition) is 2. The number of hydrogen-bond acceptors (Lipinski definition) is 7. The Bertz CT molecular complexity index is 1430. The minimum atomic E-state index is -1.33. The first-order valence-corrected chi connectivity index (χ1v) is 12.7. The highest BCUT2D eigenvalue weighted by molar-refractivity contribution is 8.17. The molecule has 3 heterocycles. The molecule has 1 fully saturated rings. The fourth-order valence-corrected chi connectivity index (χ4v) is 5.83. The van der Waals surface area contributed by atoms with E-state index in [-0.39, 0.29) is 17.0 Å². The molecule has 0 aliphatic carbocycles. The Hall–Kier alpha value is -3.62. The number of amides is 1. The molecule has 3 aromatic carbocycles. The molecule has 0 aromatic heterocycles. The molecular weight excluding hydrogens is 498 g/mol. The lowest BCUT2D eigenvalue weighted by molar-refractivity contribution is -0.0949. The summed E-state index contributed by atoms with van der Waals surface area (Å²) >= 11 is 7.41. The quantitative estimate of drug-likeness (QED) is 0.431. The van der Waals surface area contributed by atoms with Crippen LogP contribution in [-0.2, 0) is 0 Å². The Kier molecular flexibility index (Phi) is 5.58. The first-order chi connectivity index (χ1) is 17.5. The predicted molar refractivity (Wildman–Crippen MR) is 140 cm³/mol. The summed E-state index contributed by atoms with van der Waals surface area (Å²) in [5.74, 6) is -0.262. The largest absolute Gasteiger partial charge is 0.504 e. The number of halogens is 1. The molecule has 2 atom stereocenters. The van der Waals surface area contributed by atoms with E-state index >= 15 is 0 Å². The van der Waals surface area contributed by atoms with Gasteiger partial charge in [0.25, 0.3) is 5.24 Å². The molecule has 0 radical (unpaired) electrons. The maximum Gasteiger partial charge on any atom is 0.314 e. The number of aromatic hydroxyl groups is 1. The van der Waals surface area contributed by atoms with Crippen LogP contribution in [0.4, 0.5) is 4.79 Å². The van der Waals surface area contributed by atoms with Crippen molar-refractivity contribution < 1.29 is 19.4 Å². The van der Waals surface area contributed by atoms with Crippen LogP contribution in [0.15, 0.2) is 76.7 Å². The summed E-state index contributed by atoms with van der Waals surface area (Å²) in [6.07, 6.45) is 2.49. The van der Waals surface area contributed by atoms with E-state index in [0.29, 0.717) is 34.5 Å². The molecule has 9 heteroatoms. The van der Waals surface area contributed by atoms with Crippen LogP contribution >= 0.6 is 23.4 Å². The van der Waals surface area contributed by atoms with Gasteiger partial charge >= 0.3 is 5.85 Å². The number of rotatable bonds is 4. The van der Waals surface area contributed by atoms with E-state index in [2.05, 4.69) is 5.32 Å². The zero-order valence-electron chi connectivity index (χ0n) is 19.3. The van der Waals surface area contributed by atoms with Crippen LogP contribution in [0.5, 0.6) is 17.2 Å². The average Bonchev–Trinajstić information content (AvgIpc) is 3.45. The van der Waals surface area contributed by atoms with E-state index in [9.17, 15) is 9.90 Å². The number of fused-ring (bicyclic) bond motifs is 4. The second-order valence-corrected chi connectivity index (χ2v) is 10.0. The van der Waals surface area contributed by atoms with E-state index in [1.54, 1.807) is 24.3 Å². The van der Waals surface area contributed by atoms with Crippen molar-refractivity contribution in [2.24, 2.45) is 5.10 Å². The topological polar surface area (TPSA) is 83.4 Å². The molecule has 1 amide bonds. The smallest absolute Gasteiger partial charge is 0.314 e. The van der Waals surface area contributed by atoms with Crippen LogP contribution in [-0.4, -0.2) is 33.5 Å². The van der Waals surface area contributed by atoms with Gasteiger partial charge in [0.2, 0.25) is 0 Å². The lowest BCUT2D eigenvalue weighted by atomic mass is 9.95. The molecule has 0 saturated carbocycles. The Morgan fingerprint density at radius 1 is 1.25 bits per heavy atom. The van der Waals surface area contributed by atoms with E-state index < -0.39 is 5.85 Å². The molecule has 182 valence electrons. The monoisotopic (exact) mass is 519 g/mol. The van der Waals surface area contributed by atoms with Crippen molar-refractivity contribution in [3.63, 3.8) is 0 Å². The van der Waals surface area contributed by atoms with Crippen molar-refractivity contribution in [1.82, 2.24) is 10.3 Å². The molecule has 3 aliphatic rings. The number of benzene rings is 3. The standard InChI is InChI=1S/C27H22ClN3O4S/c1-2-34-24-12-16(8-10-22(24)32)13-25-27(29-26(33)36-25)31-21(19-14-18(28)9-11-23(19)35-27)15-20(30-31)17-6-4-3-5-7-17/h3-14,21,32H,2,15H2,1H3,(H,29,33)/b25-13-. The molecule has 6 rings (SSSR count). The summed E-state index contributed by atoms with van der Waals surface area (Å²) in [4.78, 5) is 13.4. The van der Waals surface area contributed by atoms with Gasteiger partial charge in [-0.2, -0.15) is 5.10 Å². The van der Waals surface area contributed by atoms with Crippen molar-refractivity contribution in [2.75, 3.05) is 6.61 Å². The van der Waals surface area contributed by atoms with Crippen LogP contribution in [0.1, 0.15) is 36.1 Å². The lowest BCUT2D eigenvalue weighted by Crippen LogP contribution is -2.61. The van der Waals surface area contributed by atoms with Crippen molar-refractivity contribution in [2.45, 2.75) is 25.2 Å².